The van der Waals surface area contributed by atoms with Gasteiger partial charge in [-0.15, -0.1) is 0 Å². The highest BCUT2D eigenvalue weighted by Crippen LogP contribution is 2.25. The van der Waals surface area contributed by atoms with E-state index in [0.717, 1.165) is 0 Å². The Hall–Kier alpha value is -1.64. The van der Waals surface area contributed by atoms with Crippen molar-refractivity contribution in [3.8, 4) is 0 Å². The van der Waals surface area contributed by atoms with Gasteiger partial charge in [0.2, 0.25) is 0 Å². The minimum atomic E-state index is -3.66. The van der Waals surface area contributed by atoms with E-state index in [9.17, 15) is 8.42 Å². The molecule has 2 aromatic rings. The van der Waals surface area contributed by atoms with E-state index in [1.165, 1.54) is 4.31 Å². The minimum Gasteiger partial charge on any atom is -0.383 e. The van der Waals surface area contributed by atoms with E-state index in [1.54, 1.807) is 43.8 Å². The van der Waals surface area contributed by atoms with E-state index in [0.29, 0.717) is 31.2 Å². The van der Waals surface area contributed by atoms with Gasteiger partial charge in [-0.2, -0.15) is 4.31 Å². The van der Waals surface area contributed by atoms with Crippen molar-refractivity contribution in [2.75, 3.05) is 39.2 Å². The maximum atomic E-state index is 12.9. The lowest BCUT2D eigenvalue weighted by atomic mass is 10.5. The van der Waals surface area contributed by atoms with Crippen LogP contribution in [-0.4, -0.2) is 56.0 Å². The van der Waals surface area contributed by atoms with Gasteiger partial charge in [-0.1, -0.05) is 13.0 Å². The number of imidazole rings is 1. The van der Waals surface area contributed by atoms with Crippen LogP contribution in [0.3, 0.4) is 0 Å². The van der Waals surface area contributed by atoms with E-state index in [2.05, 4.69) is 10.3 Å². The van der Waals surface area contributed by atoms with Crippen molar-refractivity contribution in [2.24, 2.45) is 0 Å². The average Bonchev–Trinajstić information content (AvgIpc) is 2.87. The molecule has 0 saturated carbocycles. The fraction of sp³-hybridized carbons (Fsp3) is 0.462. The molecule has 2 aromatic heterocycles. The van der Waals surface area contributed by atoms with E-state index >= 15 is 0 Å². The lowest BCUT2D eigenvalue weighted by molar-refractivity contribution is 0.180. The van der Waals surface area contributed by atoms with Gasteiger partial charge in [-0.3, -0.25) is 4.40 Å². The molecule has 116 valence electrons. The number of methoxy groups -OCH3 is 1. The minimum absolute atomic E-state index is 0.151. The SMILES string of the molecule is CCN(CCOC)S(=O)(=O)c1c(NC)nc2ccccn12. The Bertz CT molecular complexity index is 711. The predicted molar refractivity (Wildman–Crippen MR) is 81.0 cm³/mol. The van der Waals surface area contributed by atoms with Gasteiger partial charge < -0.3 is 10.1 Å². The highest BCUT2D eigenvalue weighted by molar-refractivity contribution is 7.89. The maximum absolute atomic E-state index is 12.9. The molecule has 2 heterocycles. The molecule has 0 fully saturated rings. The van der Waals surface area contributed by atoms with E-state index in [4.69, 9.17) is 4.74 Å². The number of nitrogens with zero attached hydrogens (tertiary/aromatic N) is 3. The van der Waals surface area contributed by atoms with Crippen LogP contribution in [0.25, 0.3) is 5.65 Å². The molecule has 0 spiro atoms. The van der Waals surface area contributed by atoms with Crippen molar-refractivity contribution >= 4 is 21.5 Å². The van der Waals surface area contributed by atoms with Crippen LogP contribution >= 0.6 is 0 Å². The molecule has 0 bridgehead atoms. The molecule has 0 aliphatic rings. The molecule has 0 aliphatic carbocycles. The molecule has 7 nitrogen and oxygen atoms in total. The summed E-state index contributed by atoms with van der Waals surface area (Å²) in [5, 5.41) is 3.01. The van der Waals surface area contributed by atoms with Crippen LogP contribution in [0.1, 0.15) is 6.92 Å². The summed E-state index contributed by atoms with van der Waals surface area (Å²) in [6.45, 7) is 2.82. The number of aromatic nitrogens is 2. The van der Waals surface area contributed by atoms with Gasteiger partial charge in [0, 0.05) is 33.4 Å². The first kappa shape index (κ1) is 15.7. The molecule has 8 heteroatoms. The number of fused-ring (bicyclic) bond motifs is 1. The number of hydrogen-bond acceptors (Lipinski definition) is 5. The van der Waals surface area contributed by atoms with Crippen molar-refractivity contribution in [1.29, 1.82) is 0 Å². The Balaban J connectivity index is 2.57. The second kappa shape index (κ2) is 6.42. The third kappa shape index (κ3) is 2.87. The second-order valence-corrected chi connectivity index (χ2v) is 6.29. The average molecular weight is 312 g/mol. The summed E-state index contributed by atoms with van der Waals surface area (Å²) in [5.41, 5.74) is 0.586. The highest BCUT2D eigenvalue weighted by Gasteiger charge is 2.30. The van der Waals surface area contributed by atoms with Gasteiger partial charge in [-0.25, -0.2) is 13.4 Å². The highest BCUT2D eigenvalue weighted by atomic mass is 32.2. The smallest absolute Gasteiger partial charge is 0.262 e. The van der Waals surface area contributed by atoms with Gasteiger partial charge in [-0.05, 0) is 12.1 Å². The third-order valence-electron chi connectivity index (χ3n) is 3.20. The normalized spacial score (nSPS) is 12.2. The van der Waals surface area contributed by atoms with Gasteiger partial charge in [0.15, 0.2) is 10.8 Å². The van der Waals surface area contributed by atoms with Gasteiger partial charge in [0.05, 0.1) is 6.61 Å². The first-order chi connectivity index (χ1) is 10.1. The van der Waals surface area contributed by atoms with E-state index < -0.39 is 10.0 Å². The summed E-state index contributed by atoms with van der Waals surface area (Å²) in [6.07, 6.45) is 1.69. The third-order valence-corrected chi connectivity index (χ3v) is 5.20. The number of hydrogen-bond donors (Lipinski definition) is 1. The molecule has 0 unspecified atom stereocenters. The van der Waals surface area contributed by atoms with Crippen LogP contribution < -0.4 is 5.32 Å². The van der Waals surface area contributed by atoms with Crippen molar-refractivity contribution in [1.82, 2.24) is 13.7 Å². The van der Waals surface area contributed by atoms with Crippen LogP contribution in [0.5, 0.6) is 0 Å². The van der Waals surface area contributed by atoms with Crippen LogP contribution in [0.15, 0.2) is 29.4 Å². The summed E-state index contributed by atoms with van der Waals surface area (Å²) in [6, 6.07) is 5.37. The number of nitrogens with one attached hydrogen (secondary N) is 1. The van der Waals surface area contributed by atoms with E-state index in [1.807, 2.05) is 6.07 Å². The topological polar surface area (TPSA) is 75.9 Å². The Morgan fingerprint density at radius 3 is 2.81 bits per heavy atom. The van der Waals surface area contributed by atoms with Crippen molar-refractivity contribution in [3.05, 3.63) is 24.4 Å². The van der Waals surface area contributed by atoms with Crippen LogP contribution in [0.2, 0.25) is 0 Å². The lowest BCUT2D eigenvalue weighted by Crippen LogP contribution is -2.34. The van der Waals surface area contributed by atoms with Crippen LogP contribution in [-0.2, 0) is 14.8 Å². The Morgan fingerprint density at radius 1 is 1.43 bits per heavy atom. The molecule has 0 radical (unpaired) electrons. The Morgan fingerprint density at radius 2 is 2.19 bits per heavy atom. The molecular weight excluding hydrogens is 292 g/mol. The number of rotatable bonds is 7. The zero-order chi connectivity index (χ0) is 15.5. The summed E-state index contributed by atoms with van der Waals surface area (Å²) < 4.78 is 33.7. The van der Waals surface area contributed by atoms with Gasteiger partial charge in [0.1, 0.15) is 5.65 Å². The number of sulfonamides is 1. The first-order valence-corrected chi connectivity index (χ1v) is 8.14. The van der Waals surface area contributed by atoms with Crippen LogP contribution in [0, 0.1) is 0 Å². The number of ether oxygens (including phenoxy) is 1. The quantitative estimate of drug-likeness (QED) is 0.826. The molecule has 0 atom stereocenters. The van der Waals surface area contributed by atoms with Gasteiger partial charge in [0.25, 0.3) is 10.0 Å². The van der Waals surface area contributed by atoms with Crippen molar-refractivity contribution < 1.29 is 13.2 Å². The fourth-order valence-electron chi connectivity index (χ4n) is 2.15. The zero-order valence-corrected chi connectivity index (χ0v) is 13.2. The number of anilines is 1. The molecule has 0 saturated heterocycles. The summed E-state index contributed by atoms with van der Waals surface area (Å²) in [4.78, 5) is 4.31. The standard InChI is InChI=1S/C13H20N4O3S/c1-4-16(9-10-20-3)21(18,19)13-12(14-2)15-11-7-5-6-8-17(11)13/h5-8,14H,4,9-10H2,1-3H3. The van der Waals surface area contributed by atoms with E-state index in [-0.39, 0.29) is 5.03 Å². The van der Waals surface area contributed by atoms with Crippen molar-refractivity contribution in [2.45, 2.75) is 11.9 Å². The molecule has 0 amide bonds. The molecular formula is C13H20N4O3S. The monoisotopic (exact) mass is 312 g/mol. The van der Waals surface area contributed by atoms with Gasteiger partial charge >= 0.3 is 0 Å². The first-order valence-electron chi connectivity index (χ1n) is 6.70. The molecule has 0 aliphatic heterocycles. The van der Waals surface area contributed by atoms with Crippen LogP contribution in [0.4, 0.5) is 5.82 Å². The summed E-state index contributed by atoms with van der Waals surface area (Å²) in [7, 11) is -0.450. The Kier molecular flexibility index (Phi) is 4.81. The Labute approximate surface area is 124 Å². The molecule has 1 N–H and O–H groups in total. The van der Waals surface area contributed by atoms with Crippen molar-refractivity contribution in [3.63, 3.8) is 0 Å². The molecule has 21 heavy (non-hydrogen) atoms. The number of pyridine rings is 1. The predicted octanol–water partition coefficient (Wildman–Crippen LogP) is 1.03. The summed E-state index contributed by atoms with van der Waals surface area (Å²) >= 11 is 0. The second-order valence-electron chi connectivity index (χ2n) is 4.43. The fourth-order valence-corrected chi connectivity index (χ4v) is 3.84. The summed E-state index contributed by atoms with van der Waals surface area (Å²) in [5.74, 6) is 0.345. The number of likely N-dealkylation sites (N-methyl/N-ethyl adjacent to an activating group) is 1. The lowest BCUT2D eigenvalue weighted by Gasteiger charge is -2.20. The molecule has 0 aromatic carbocycles. The maximum Gasteiger partial charge on any atom is 0.262 e. The molecule has 2 rings (SSSR count). The largest absolute Gasteiger partial charge is 0.383 e. The zero-order valence-electron chi connectivity index (χ0n) is 12.4.